The number of rotatable bonds is 6. The summed E-state index contributed by atoms with van der Waals surface area (Å²) in [6, 6.07) is 5.25. The molecule has 0 aliphatic carbocycles. The van der Waals surface area contributed by atoms with E-state index >= 15 is 0 Å². The minimum atomic E-state index is -0.132. The molecule has 0 saturated carbocycles. The zero-order valence-corrected chi connectivity index (χ0v) is 15.0. The number of fused-ring (bicyclic) bond motifs is 1. The largest absolute Gasteiger partial charge is 0.492 e. The van der Waals surface area contributed by atoms with Gasteiger partial charge < -0.3 is 10.1 Å². The summed E-state index contributed by atoms with van der Waals surface area (Å²) >= 11 is 7.74. The predicted molar refractivity (Wildman–Crippen MR) is 97.2 cm³/mol. The first kappa shape index (κ1) is 16.8. The highest BCUT2D eigenvalue weighted by Crippen LogP contribution is 2.28. The van der Waals surface area contributed by atoms with Gasteiger partial charge in [0, 0.05) is 23.5 Å². The molecule has 7 heteroatoms. The Labute approximate surface area is 149 Å². The van der Waals surface area contributed by atoms with E-state index in [0.717, 1.165) is 10.7 Å². The lowest BCUT2D eigenvalue weighted by Gasteiger charge is -2.11. The number of aromatic nitrogens is 2. The molecular formula is C17H18ClN3O2S. The van der Waals surface area contributed by atoms with Crippen LogP contribution in [0, 0.1) is 5.92 Å². The van der Waals surface area contributed by atoms with Gasteiger partial charge in [0.15, 0.2) is 4.96 Å². The van der Waals surface area contributed by atoms with Gasteiger partial charge in [0.05, 0.1) is 23.7 Å². The maximum atomic E-state index is 12.2. The van der Waals surface area contributed by atoms with Crippen molar-refractivity contribution >= 4 is 39.5 Å². The van der Waals surface area contributed by atoms with Crippen LogP contribution in [-0.2, 0) is 11.2 Å². The van der Waals surface area contributed by atoms with Crippen molar-refractivity contribution in [2.75, 3.05) is 11.9 Å². The predicted octanol–water partition coefficient (Wildman–Crippen LogP) is 4.27. The summed E-state index contributed by atoms with van der Waals surface area (Å²) in [5.74, 6) is 0.912. The Morgan fingerprint density at radius 3 is 3.00 bits per heavy atom. The molecule has 3 aromatic rings. The average Bonchev–Trinajstić information content (AvgIpc) is 3.07. The molecule has 24 heavy (non-hydrogen) atoms. The number of nitrogens with one attached hydrogen (secondary N) is 1. The van der Waals surface area contributed by atoms with Crippen molar-refractivity contribution in [2.45, 2.75) is 20.3 Å². The first-order valence-electron chi connectivity index (χ1n) is 7.64. The molecule has 0 aliphatic rings. The van der Waals surface area contributed by atoms with E-state index in [4.69, 9.17) is 16.3 Å². The highest BCUT2D eigenvalue weighted by Gasteiger charge is 2.10. The van der Waals surface area contributed by atoms with Crippen LogP contribution in [0.25, 0.3) is 4.96 Å². The number of amides is 1. The third-order valence-electron chi connectivity index (χ3n) is 3.27. The first-order valence-corrected chi connectivity index (χ1v) is 8.90. The van der Waals surface area contributed by atoms with Gasteiger partial charge in [-0.2, -0.15) is 0 Å². The number of carbonyl (C=O) groups excluding carboxylic acids is 1. The summed E-state index contributed by atoms with van der Waals surface area (Å²) in [7, 11) is 0. The van der Waals surface area contributed by atoms with Crippen LogP contribution < -0.4 is 10.1 Å². The van der Waals surface area contributed by atoms with Crippen LogP contribution in [0.4, 0.5) is 5.69 Å². The van der Waals surface area contributed by atoms with E-state index in [9.17, 15) is 4.79 Å². The molecule has 1 N–H and O–H groups in total. The number of halogens is 1. The quantitative estimate of drug-likeness (QED) is 0.711. The van der Waals surface area contributed by atoms with Crippen molar-refractivity contribution in [3.63, 3.8) is 0 Å². The summed E-state index contributed by atoms with van der Waals surface area (Å²) in [5, 5.41) is 5.27. The van der Waals surface area contributed by atoms with Crippen molar-refractivity contribution in [3.05, 3.63) is 46.7 Å². The van der Waals surface area contributed by atoms with E-state index in [0.29, 0.717) is 29.0 Å². The summed E-state index contributed by atoms with van der Waals surface area (Å²) in [5.41, 5.74) is 1.38. The summed E-state index contributed by atoms with van der Waals surface area (Å²) < 4.78 is 7.53. The van der Waals surface area contributed by atoms with E-state index in [2.05, 4.69) is 24.1 Å². The Morgan fingerprint density at radius 1 is 1.46 bits per heavy atom. The number of nitrogens with zero attached hydrogens (tertiary/aromatic N) is 2. The number of thiazole rings is 1. The maximum Gasteiger partial charge on any atom is 0.230 e. The maximum absolute atomic E-state index is 12.2. The Kier molecular flexibility index (Phi) is 5.06. The number of ether oxygens (including phenoxy) is 1. The average molecular weight is 364 g/mol. The minimum absolute atomic E-state index is 0.132. The van der Waals surface area contributed by atoms with Crippen LogP contribution >= 0.6 is 22.9 Å². The fourth-order valence-corrected chi connectivity index (χ4v) is 3.14. The topological polar surface area (TPSA) is 55.6 Å². The molecular weight excluding hydrogens is 346 g/mol. The van der Waals surface area contributed by atoms with Crippen molar-refractivity contribution in [2.24, 2.45) is 5.92 Å². The molecule has 3 rings (SSSR count). The first-order chi connectivity index (χ1) is 11.5. The molecule has 0 spiro atoms. The van der Waals surface area contributed by atoms with Gasteiger partial charge in [-0.1, -0.05) is 25.4 Å². The molecule has 2 aromatic heterocycles. The third kappa shape index (κ3) is 4.07. The molecule has 0 radical (unpaired) electrons. The number of hydrogen-bond donors (Lipinski definition) is 1. The van der Waals surface area contributed by atoms with Crippen LogP contribution in [-0.4, -0.2) is 21.9 Å². The second-order valence-corrected chi connectivity index (χ2v) is 7.18. The van der Waals surface area contributed by atoms with Gasteiger partial charge in [-0.3, -0.25) is 9.20 Å². The third-order valence-corrected chi connectivity index (χ3v) is 4.34. The molecule has 0 atom stereocenters. The molecule has 2 heterocycles. The number of benzene rings is 1. The van der Waals surface area contributed by atoms with Gasteiger partial charge in [0.1, 0.15) is 5.75 Å². The fourth-order valence-electron chi connectivity index (χ4n) is 2.18. The van der Waals surface area contributed by atoms with E-state index in [1.165, 1.54) is 11.3 Å². The van der Waals surface area contributed by atoms with Gasteiger partial charge in [0.2, 0.25) is 5.91 Å². The standard InChI is InChI=1S/C17H18ClN3O2S/c1-11(2)10-23-15-4-3-12(7-14(15)18)19-16(22)8-13-9-21-5-6-24-17(21)20-13/h3-7,9,11H,8,10H2,1-2H3,(H,19,22). The van der Waals surface area contributed by atoms with Crippen LogP contribution in [0.15, 0.2) is 36.0 Å². The molecule has 126 valence electrons. The smallest absolute Gasteiger partial charge is 0.230 e. The lowest BCUT2D eigenvalue weighted by molar-refractivity contribution is -0.115. The van der Waals surface area contributed by atoms with E-state index in [1.807, 2.05) is 22.2 Å². The second kappa shape index (κ2) is 7.23. The summed E-state index contributed by atoms with van der Waals surface area (Å²) in [6.07, 6.45) is 4.00. The highest BCUT2D eigenvalue weighted by molar-refractivity contribution is 7.15. The van der Waals surface area contributed by atoms with Gasteiger partial charge >= 0.3 is 0 Å². The Hall–Kier alpha value is -2.05. The molecule has 0 fully saturated rings. The van der Waals surface area contributed by atoms with Crippen molar-refractivity contribution in [1.82, 2.24) is 9.38 Å². The monoisotopic (exact) mass is 363 g/mol. The Balaban J connectivity index is 1.61. The van der Waals surface area contributed by atoms with Crippen molar-refractivity contribution in [3.8, 4) is 5.75 Å². The fraction of sp³-hybridized carbons (Fsp3) is 0.294. The molecule has 0 saturated heterocycles. The molecule has 1 aromatic carbocycles. The Bertz CT molecular complexity index is 828. The van der Waals surface area contributed by atoms with E-state index < -0.39 is 0 Å². The number of imidazole rings is 1. The second-order valence-electron chi connectivity index (χ2n) is 5.90. The van der Waals surface area contributed by atoms with Crippen LogP contribution in [0.2, 0.25) is 5.02 Å². The van der Waals surface area contributed by atoms with Gasteiger partial charge in [-0.15, -0.1) is 11.3 Å². The van der Waals surface area contributed by atoms with E-state index in [1.54, 1.807) is 18.2 Å². The minimum Gasteiger partial charge on any atom is -0.492 e. The molecule has 0 aliphatic heterocycles. The zero-order valence-electron chi connectivity index (χ0n) is 13.5. The number of carbonyl (C=O) groups is 1. The molecule has 0 unspecified atom stereocenters. The van der Waals surface area contributed by atoms with Crippen molar-refractivity contribution < 1.29 is 9.53 Å². The Morgan fingerprint density at radius 2 is 2.29 bits per heavy atom. The summed E-state index contributed by atoms with van der Waals surface area (Å²) in [6.45, 7) is 4.74. The number of hydrogen-bond acceptors (Lipinski definition) is 4. The zero-order chi connectivity index (χ0) is 17.1. The molecule has 5 nitrogen and oxygen atoms in total. The normalized spacial score (nSPS) is 11.2. The SMILES string of the molecule is CC(C)COc1ccc(NC(=O)Cc2cn3ccsc3n2)cc1Cl. The number of anilines is 1. The van der Waals surface area contributed by atoms with Crippen LogP contribution in [0.1, 0.15) is 19.5 Å². The van der Waals surface area contributed by atoms with Crippen LogP contribution in [0.3, 0.4) is 0 Å². The lowest BCUT2D eigenvalue weighted by Crippen LogP contribution is -2.14. The van der Waals surface area contributed by atoms with Crippen LogP contribution in [0.5, 0.6) is 5.75 Å². The lowest BCUT2D eigenvalue weighted by atomic mass is 10.2. The molecule has 0 bridgehead atoms. The molecule has 1 amide bonds. The van der Waals surface area contributed by atoms with Gasteiger partial charge in [0.25, 0.3) is 0 Å². The van der Waals surface area contributed by atoms with Gasteiger partial charge in [-0.05, 0) is 24.1 Å². The van der Waals surface area contributed by atoms with E-state index in [-0.39, 0.29) is 12.3 Å². The highest BCUT2D eigenvalue weighted by atomic mass is 35.5. The van der Waals surface area contributed by atoms with Crippen molar-refractivity contribution in [1.29, 1.82) is 0 Å². The van der Waals surface area contributed by atoms with Gasteiger partial charge in [-0.25, -0.2) is 4.98 Å². The summed E-state index contributed by atoms with van der Waals surface area (Å²) in [4.78, 5) is 17.4.